The van der Waals surface area contributed by atoms with Crippen LogP contribution in [-0.2, 0) is 4.79 Å². The van der Waals surface area contributed by atoms with E-state index < -0.39 is 5.97 Å². The molecule has 0 saturated carbocycles. The second kappa shape index (κ2) is 8.12. The number of urea groups is 1. The quantitative estimate of drug-likeness (QED) is 0.788. The molecule has 1 aliphatic rings. The van der Waals surface area contributed by atoms with Gasteiger partial charge in [-0.05, 0) is 44.4 Å². The lowest BCUT2D eigenvalue weighted by Crippen LogP contribution is -2.49. The summed E-state index contributed by atoms with van der Waals surface area (Å²) in [5.74, 6) is 0.271. The minimum Gasteiger partial charge on any atom is -0.481 e. The number of carbonyl (C=O) groups is 2. The number of carboxylic acids is 1. The monoisotopic (exact) mass is 284 g/mol. The summed E-state index contributed by atoms with van der Waals surface area (Å²) in [5, 5.41) is 11.6. The van der Waals surface area contributed by atoms with Crippen molar-refractivity contribution in [1.82, 2.24) is 10.2 Å². The minimum absolute atomic E-state index is 0.0230. The highest BCUT2D eigenvalue weighted by Gasteiger charge is 2.26. The number of aliphatic carboxylic acids is 1. The highest BCUT2D eigenvalue weighted by molar-refractivity contribution is 5.74. The number of likely N-dealkylation sites (tertiary alicyclic amines) is 1. The summed E-state index contributed by atoms with van der Waals surface area (Å²) in [6.45, 7) is 7.82. The smallest absolute Gasteiger partial charge is 0.317 e. The Hall–Kier alpha value is -1.26. The minimum atomic E-state index is -0.753. The molecular weight excluding hydrogens is 256 g/mol. The maximum absolute atomic E-state index is 12.1. The van der Waals surface area contributed by atoms with Crippen molar-refractivity contribution in [2.24, 2.45) is 11.8 Å². The van der Waals surface area contributed by atoms with E-state index in [0.29, 0.717) is 30.8 Å². The third kappa shape index (κ3) is 5.80. The molecule has 0 aromatic rings. The second-order valence-electron chi connectivity index (χ2n) is 6.23. The van der Waals surface area contributed by atoms with E-state index in [-0.39, 0.29) is 12.5 Å². The van der Waals surface area contributed by atoms with E-state index in [9.17, 15) is 9.59 Å². The number of amides is 2. The SMILES string of the molecule is CC(CCNC(=O)N1CCC(C)CC1C)CCC(=O)O. The van der Waals surface area contributed by atoms with Crippen LogP contribution in [0.15, 0.2) is 0 Å². The molecule has 1 rings (SSSR count). The molecule has 20 heavy (non-hydrogen) atoms. The van der Waals surface area contributed by atoms with Gasteiger partial charge in [0.05, 0.1) is 0 Å². The lowest BCUT2D eigenvalue weighted by Gasteiger charge is -2.36. The molecule has 0 radical (unpaired) electrons. The van der Waals surface area contributed by atoms with Crippen LogP contribution in [0, 0.1) is 11.8 Å². The standard InChI is InChI=1S/C15H28N2O3/c1-11(4-5-14(18)19)6-8-16-15(20)17-9-7-12(2)10-13(17)3/h11-13H,4-10H2,1-3H3,(H,16,20)(H,18,19). The molecule has 1 heterocycles. The molecule has 2 amide bonds. The Bertz CT molecular complexity index is 333. The average Bonchev–Trinajstić information content (AvgIpc) is 2.36. The maximum Gasteiger partial charge on any atom is 0.317 e. The van der Waals surface area contributed by atoms with Crippen LogP contribution in [0.25, 0.3) is 0 Å². The molecule has 1 saturated heterocycles. The Morgan fingerprint density at radius 1 is 1.35 bits per heavy atom. The molecular formula is C15H28N2O3. The van der Waals surface area contributed by atoms with Gasteiger partial charge in [-0.1, -0.05) is 13.8 Å². The van der Waals surface area contributed by atoms with Gasteiger partial charge in [0, 0.05) is 25.6 Å². The second-order valence-corrected chi connectivity index (χ2v) is 6.23. The van der Waals surface area contributed by atoms with Gasteiger partial charge in [-0.15, -0.1) is 0 Å². The number of carbonyl (C=O) groups excluding carboxylic acids is 1. The Balaban J connectivity index is 2.21. The first-order valence-electron chi connectivity index (χ1n) is 7.66. The van der Waals surface area contributed by atoms with Gasteiger partial charge in [-0.3, -0.25) is 4.79 Å². The molecule has 0 spiro atoms. The third-order valence-corrected chi connectivity index (χ3v) is 4.16. The Kier molecular flexibility index (Phi) is 6.82. The van der Waals surface area contributed by atoms with Crippen LogP contribution in [0.1, 0.15) is 52.9 Å². The van der Waals surface area contributed by atoms with Gasteiger partial charge < -0.3 is 15.3 Å². The fourth-order valence-electron chi connectivity index (χ4n) is 2.75. The number of hydrogen-bond acceptors (Lipinski definition) is 2. The van der Waals surface area contributed by atoms with E-state index in [2.05, 4.69) is 19.2 Å². The number of rotatable bonds is 6. The number of piperidine rings is 1. The highest BCUT2D eigenvalue weighted by atomic mass is 16.4. The highest BCUT2D eigenvalue weighted by Crippen LogP contribution is 2.21. The van der Waals surface area contributed by atoms with E-state index in [1.165, 1.54) is 0 Å². The molecule has 5 heteroatoms. The van der Waals surface area contributed by atoms with Crippen molar-refractivity contribution in [2.75, 3.05) is 13.1 Å². The first kappa shape index (κ1) is 16.8. The molecule has 116 valence electrons. The summed E-state index contributed by atoms with van der Waals surface area (Å²) in [7, 11) is 0. The molecule has 0 aromatic carbocycles. The first-order chi connectivity index (χ1) is 9.40. The molecule has 0 aliphatic carbocycles. The zero-order chi connectivity index (χ0) is 15.1. The Morgan fingerprint density at radius 2 is 2.05 bits per heavy atom. The van der Waals surface area contributed by atoms with Gasteiger partial charge in [0.2, 0.25) is 0 Å². The summed E-state index contributed by atoms with van der Waals surface area (Å²) in [4.78, 5) is 24.5. The fourth-order valence-corrected chi connectivity index (χ4v) is 2.75. The molecule has 2 N–H and O–H groups in total. The summed E-state index contributed by atoms with van der Waals surface area (Å²) >= 11 is 0. The zero-order valence-electron chi connectivity index (χ0n) is 12.9. The number of carboxylic acid groups (broad SMARTS) is 1. The van der Waals surface area contributed by atoms with E-state index in [1.807, 2.05) is 11.8 Å². The molecule has 5 nitrogen and oxygen atoms in total. The lowest BCUT2D eigenvalue weighted by atomic mass is 9.94. The van der Waals surface area contributed by atoms with Gasteiger partial charge in [0.25, 0.3) is 0 Å². The third-order valence-electron chi connectivity index (χ3n) is 4.16. The number of nitrogens with zero attached hydrogens (tertiary/aromatic N) is 1. The summed E-state index contributed by atoms with van der Waals surface area (Å²) in [5.41, 5.74) is 0. The van der Waals surface area contributed by atoms with E-state index in [1.54, 1.807) is 0 Å². The van der Waals surface area contributed by atoms with Crippen LogP contribution in [0.5, 0.6) is 0 Å². The van der Waals surface area contributed by atoms with Crippen LogP contribution in [0.4, 0.5) is 4.79 Å². The maximum atomic E-state index is 12.1. The van der Waals surface area contributed by atoms with Crippen molar-refractivity contribution < 1.29 is 14.7 Å². The summed E-state index contributed by atoms with van der Waals surface area (Å²) < 4.78 is 0. The van der Waals surface area contributed by atoms with Gasteiger partial charge in [0.1, 0.15) is 0 Å². The van der Waals surface area contributed by atoms with Crippen molar-refractivity contribution in [3.63, 3.8) is 0 Å². The van der Waals surface area contributed by atoms with Crippen LogP contribution in [-0.4, -0.2) is 41.1 Å². The van der Waals surface area contributed by atoms with Crippen molar-refractivity contribution in [1.29, 1.82) is 0 Å². The number of hydrogen-bond donors (Lipinski definition) is 2. The topological polar surface area (TPSA) is 69.6 Å². The largest absolute Gasteiger partial charge is 0.481 e. The van der Waals surface area contributed by atoms with Crippen molar-refractivity contribution in [3.05, 3.63) is 0 Å². The number of nitrogens with one attached hydrogen (secondary N) is 1. The predicted molar refractivity (Wildman–Crippen MR) is 78.6 cm³/mol. The van der Waals surface area contributed by atoms with Crippen LogP contribution >= 0.6 is 0 Å². The normalized spacial score (nSPS) is 24.2. The van der Waals surface area contributed by atoms with Crippen LogP contribution in [0.2, 0.25) is 0 Å². The fraction of sp³-hybridized carbons (Fsp3) is 0.867. The molecule has 0 bridgehead atoms. The van der Waals surface area contributed by atoms with Crippen LogP contribution < -0.4 is 5.32 Å². The van der Waals surface area contributed by atoms with Gasteiger partial charge in [0.15, 0.2) is 0 Å². The molecule has 1 fully saturated rings. The van der Waals surface area contributed by atoms with Crippen LogP contribution in [0.3, 0.4) is 0 Å². The van der Waals surface area contributed by atoms with E-state index >= 15 is 0 Å². The molecule has 1 aliphatic heterocycles. The van der Waals surface area contributed by atoms with E-state index in [4.69, 9.17) is 5.11 Å². The Morgan fingerprint density at radius 3 is 2.65 bits per heavy atom. The molecule has 0 aromatic heterocycles. The summed E-state index contributed by atoms with van der Waals surface area (Å²) in [6, 6.07) is 0.331. The Labute approximate surface area is 121 Å². The van der Waals surface area contributed by atoms with Crippen molar-refractivity contribution >= 4 is 12.0 Å². The van der Waals surface area contributed by atoms with Gasteiger partial charge in [-0.2, -0.15) is 0 Å². The van der Waals surface area contributed by atoms with Crippen molar-refractivity contribution in [3.8, 4) is 0 Å². The predicted octanol–water partition coefficient (Wildman–Crippen LogP) is 2.71. The average molecular weight is 284 g/mol. The van der Waals surface area contributed by atoms with E-state index in [0.717, 1.165) is 25.8 Å². The first-order valence-corrected chi connectivity index (χ1v) is 7.66. The zero-order valence-corrected chi connectivity index (χ0v) is 12.9. The van der Waals surface area contributed by atoms with Gasteiger partial charge >= 0.3 is 12.0 Å². The van der Waals surface area contributed by atoms with Gasteiger partial charge in [-0.25, -0.2) is 4.79 Å². The van der Waals surface area contributed by atoms with Crippen molar-refractivity contribution in [2.45, 2.75) is 58.9 Å². The lowest BCUT2D eigenvalue weighted by molar-refractivity contribution is -0.137. The molecule has 3 unspecified atom stereocenters. The molecule has 3 atom stereocenters. The summed E-state index contributed by atoms with van der Waals surface area (Å²) in [6.07, 6.45) is 3.85.